The number of esters is 1. The molecule has 33 heavy (non-hydrogen) atoms. The standard InChI is InChI=1S/C24H46O6.C2H6O/c1-2-3-4-5-6-7-8-9-10-11-12-13-14-15-16-17-22(27)29-19-21(26)24-23(28)20(25)18-30-24;1-2-3/h20-21,23-26,28H,2-19H2,1H3;3H,2H2,1H3/t20-,21+,23+,24+;/m0./s1. The van der Waals surface area contributed by atoms with Crippen molar-refractivity contribution in [3.63, 3.8) is 0 Å². The van der Waals surface area contributed by atoms with E-state index in [4.69, 9.17) is 14.6 Å². The van der Waals surface area contributed by atoms with Crippen LogP contribution in [0.2, 0.25) is 0 Å². The van der Waals surface area contributed by atoms with Crippen molar-refractivity contribution in [1.29, 1.82) is 0 Å². The number of ether oxygens (including phenoxy) is 2. The summed E-state index contributed by atoms with van der Waals surface area (Å²) in [6, 6.07) is 0. The van der Waals surface area contributed by atoms with Crippen LogP contribution in [0, 0.1) is 0 Å². The van der Waals surface area contributed by atoms with Gasteiger partial charge in [-0.3, -0.25) is 4.79 Å². The maximum Gasteiger partial charge on any atom is 0.305 e. The van der Waals surface area contributed by atoms with Gasteiger partial charge in [-0.05, 0) is 13.3 Å². The van der Waals surface area contributed by atoms with E-state index >= 15 is 0 Å². The van der Waals surface area contributed by atoms with Gasteiger partial charge in [-0.2, -0.15) is 0 Å². The molecule has 4 N–H and O–H groups in total. The lowest BCUT2D eigenvalue weighted by molar-refractivity contribution is -0.151. The van der Waals surface area contributed by atoms with Gasteiger partial charge in [0.2, 0.25) is 0 Å². The van der Waals surface area contributed by atoms with Crippen LogP contribution >= 0.6 is 0 Å². The highest BCUT2D eigenvalue weighted by molar-refractivity contribution is 5.69. The Morgan fingerprint density at radius 1 is 0.848 bits per heavy atom. The third-order valence-electron chi connectivity index (χ3n) is 5.97. The highest BCUT2D eigenvalue weighted by Crippen LogP contribution is 2.18. The molecule has 0 radical (unpaired) electrons. The van der Waals surface area contributed by atoms with Gasteiger partial charge in [0.25, 0.3) is 0 Å². The number of carbonyl (C=O) groups excluding carboxylic acids is 1. The van der Waals surface area contributed by atoms with Gasteiger partial charge >= 0.3 is 5.97 Å². The number of carbonyl (C=O) groups is 1. The molecule has 1 aliphatic rings. The Hall–Kier alpha value is -0.730. The monoisotopic (exact) mass is 476 g/mol. The van der Waals surface area contributed by atoms with E-state index in [9.17, 15) is 20.1 Å². The molecule has 7 heteroatoms. The lowest BCUT2D eigenvalue weighted by Crippen LogP contribution is -2.41. The van der Waals surface area contributed by atoms with Crippen molar-refractivity contribution in [3.8, 4) is 0 Å². The fraction of sp³-hybridized carbons (Fsp3) is 0.962. The molecule has 198 valence electrons. The van der Waals surface area contributed by atoms with Crippen LogP contribution in [0.4, 0.5) is 0 Å². The molecule has 1 rings (SSSR count). The van der Waals surface area contributed by atoms with E-state index in [0.717, 1.165) is 19.3 Å². The van der Waals surface area contributed by atoms with Crippen LogP contribution in [0.25, 0.3) is 0 Å². The van der Waals surface area contributed by atoms with Crippen molar-refractivity contribution in [1.82, 2.24) is 0 Å². The van der Waals surface area contributed by atoms with E-state index in [0.29, 0.717) is 6.42 Å². The highest BCUT2D eigenvalue weighted by atomic mass is 16.6. The summed E-state index contributed by atoms with van der Waals surface area (Å²) in [5.41, 5.74) is 0. The van der Waals surface area contributed by atoms with Gasteiger partial charge < -0.3 is 29.9 Å². The minimum absolute atomic E-state index is 0.0179. The first-order chi connectivity index (χ1) is 16.0. The Morgan fingerprint density at radius 3 is 1.67 bits per heavy atom. The van der Waals surface area contributed by atoms with E-state index < -0.39 is 24.4 Å². The largest absolute Gasteiger partial charge is 0.463 e. The lowest BCUT2D eigenvalue weighted by Gasteiger charge is -2.20. The number of unbranched alkanes of at least 4 members (excludes halogenated alkanes) is 14. The zero-order valence-corrected chi connectivity index (χ0v) is 21.3. The Morgan fingerprint density at radius 2 is 1.27 bits per heavy atom. The van der Waals surface area contributed by atoms with Crippen molar-refractivity contribution in [2.75, 3.05) is 19.8 Å². The third-order valence-corrected chi connectivity index (χ3v) is 5.97. The average molecular weight is 477 g/mol. The second-order valence-corrected chi connectivity index (χ2v) is 9.12. The van der Waals surface area contributed by atoms with Crippen molar-refractivity contribution in [2.24, 2.45) is 0 Å². The molecule has 0 bridgehead atoms. The summed E-state index contributed by atoms with van der Waals surface area (Å²) >= 11 is 0. The van der Waals surface area contributed by atoms with Crippen LogP contribution in [0.15, 0.2) is 0 Å². The molecule has 0 spiro atoms. The van der Waals surface area contributed by atoms with Gasteiger partial charge in [0.15, 0.2) is 0 Å². The van der Waals surface area contributed by atoms with Gasteiger partial charge in [-0.15, -0.1) is 0 Å². The van der Waals surface area contributed by atoms with Crippen molar-refractivity contribution < 1.29 is 34.7 Å². The van der Waals surface area contributed by atoms with Crippen molar-refractivity contribution in [2.45, 2.75) is 141 Å². The smallest absolute Gasteiger partial charge is 0.305 e. The fourth-order valence-electron chi connectivity index (χ4n) is 3.95. The molecular formula is C26H52O7. The fourth-order valence-corrected chi connectivity index (χ4v) is 3.95. The minimum atomic E-state index is -1.14. The summed E-state index contributed by atoms with van der Waals surface area (Å²) in [4.78, 5) is 11.8. The van der Waals surface area contributed by atoms with E-state index in [2.05, 4.69) is 6.92 Å². The van der Waals surface area contributed by atoms with Gasteiger partial charge in [-0.25, -0.2) is 0 Å². The van der Waals surface area contributed by atoms with Gasteiger partial charge in [0.1, 0.15) is 31.0 Å². The zero-order valence-electron chi connectivity index (χ0n) is 21.3. The first kappa shape index (κ1) is 32.3. The summed E-state index contributed by atoms with van der Waals surface area (Å²) < 4.78 is 10.2. The number of hydrogen-bond acceptors (Lipinski definition) is 7. The van der Waals surface area contributed by atoms with Crippen LogP contribution in [-0.4, -0.2) is 70.6 Å². The third kappa shape index (κ3) is 18.3. The molecule has 0 amide bonds. The van der Waals surface area contributed by atoms with Crippen molar-refractivity contribution in [3.05, 3.63) is 0 Å². The molecule has 0 aliphatic carbocycles. The topological polar surface area (TPSA) is 116 Å². The summed E-state index contributed by atoms with van der Waals surface area (Å²) in [7, 11) is 0. The molecule has 1 saturated heterocycles. The molecule has 1 aliphatic heterocycles. The number of hydrogen-bond donors (Lipinski definition) is 4. The molecule has 1 fully saturated rings. The molecule has 0 saturated carbocycles. The van der Waals surface area contributed by atoms with E-state index in [1.165, 1.54) is 77.0 Å². The minimum Gasteiger partial charge on any atom is -0.463 e. The number of aliphatic hydroxyl groups excluding tert-OH is 4. The Bertz CT molecular complexity index is 433. The number of rotatable bonds is 19. The summed E-state index contributed by atoms with van der Waals surface area (Å²) in [5, 5.41) is 36.6. The molecular weight excluding hydrogens is 424 g/mol. The van der Waals surface area contributed by atoms with Crippen LogP contribution in [0.5, 0.6) is 0 Å². The second-order valence-electron chi connectivity index (χ2n) is 9.12. The van der Waals surface area contributed by atoms with Gasteiger partial charge in [-0.1, -0.05) is 96.8 Å². The molecule has 1 heterocycles. The molecule has 0 aromatic rings. The molecule has 7 nitrogen and oxygen atoms in total. The van der Waals surface area contributed by atoms with Crippen LogP contribution in [0.3, 0.4) is 0 Å². The quantitative estimate of drug-likeness (QED) is 0.162. The average Bonchev–Trinajstić information content (AvgIpc) is 3.13. The maximum atomic E-state index is 11.8. The SMILES string of the molecule is CCCCCCCCCCCCCCCCCC(=O)OC[C@@H](O)[C@H]1OC[C@H](O)[C@H]1O.CCO. The summed E-state index contributed by atoms with van der Waals surface area (Å²) in [6.07, 6.45) is 15.4. The Balaban J connectivity index is 0.00000322. The maximum absolute atomic E-state index is 11.8. The lowest BCUT2D eigenvalue weighted by atomic mass is 10.0. The van der Waals surface area contributed by atoms with E-state index in [1.807, 2.05) is 0 Å². The normalized spacial score (nSPS) is 20.8. The Labute approximate surface area is 201 Å². The molecule has 0 aromatic heterocycles. The predicted octanol–water partition coefficient (Wildman–Crippen LogP) is 4.27. The van der Waals surface area contributed by atoms with Crippen LogP contribution < -0.4 is 0 Å². The molecule has 0 aromatic carbocycles. The van der Waals surface area contributed by atoms with Gasteiger partial charge in [0, 0.05) is 13.0 Å². The molecule has 0 unspecified atom stereocenters. The summed E-state index contributed by atoms with van der Waals surface area (Å²) in [5.74, 6) is -0.336. The van der Waals surface area contributed by atoms with E-state index in [1.54, 1.807) is 6.92 Å². The summed E-state index contributed by atoms with van der Waals surface area (Å²) in [6.45, 7) is 3.96. The first-order valence-corrected chi connectivity index (χ1v) is 13.4. The first-order valence-electron chi connectivity index (χ1n) is 13.4. The molecule has 4 atom stereocenters. The second kappa shape index (κ2) is 23.0. The van der Waals surface area contributed by atoms with E-state index in [-0.39, 0.29) is 25.8 Å². The Kier molecular flexibility index (Phi) is 22.5. The highest BCUT2D eigenvalue weighted by Gasteiger charge is 2.39. The van der Waals surface area contributed by atoms with Gasteiger partial charge in [0.05, 0.1) is 6.61 Å². The van der Waals surface area contributed by atoms with Crippen LogP contribution in [0.1, 0.15) is 117 Å². The number of aliphatic hydroxyl groups is 4. The van der Waals surface area contributed by atoms with Crippen molar-refractivity contribution >= 4 is 5.97 Å². The zero-order chi connectivity index (χ0) is 24.7. The van der Waals surface area contributed by atoms with Crippen LogP contribution in [-0.2, 0) is 14.3 Å². The predicted molar refractivity (Wildman–Crippen MR) is 131 cm³/mol.